The van der Waals surface area contributed by atoms with E-state index < -0.39 is 5.91 Å². The lowest BCUT2D eigenvalue weighted by Gasteiger charge is -2.06. The Morgan fingerprint density at radius 2 is 2.24 bits per heavy atom. The molecule has 0 unspecified atom stereocenters. The van der Waals surface area contributed by atoms with Crippen LogP contribution in [0.25, 0.3) is 0 Å². The Balaban J connectivity index is 2.89. The van der Waals surface area contributed by atoms with Crippen LogP contribution in [0.3, 0.4) is 0 Å². The first-order valence-electron chi connectivity index (χ1n) is 5.33. The summed E-state index contributed by atoms with van der Waals surface area (Å²) in [7, 11) is 0. The second kappa shape index (κ2) is 5.55. The highest BCUT2D eigenvalue weighted by atomic mass is 32.1. The first-order valence-corrected chi connectivity index (χ1v) is 6.15. The van der Waals surface area contributed by atoms with Crippen LogP contribution in [-0.2, 0) is 0 Å². The predicted molar refractivity (Wildman–Crippen MR) is 69.9 cm³/mol. The number of carbonyl (C=O) groups excluding carboxylic acids is 1. The summed E-state index contributed by atoms with van der Waals surface area (Å²) in [4.78, 5) is 11.3. The molecule has 0 saturated carbocycles. The summed E-state index contributed by atoms with van der Waals surface area (Å²) in [6.07, 6.45) is 0.981. The summed E-state index contributed by atoms with van der Waals surface area (Å²) < 4.78 is 0. The van der Waals surface area contributed by atoms with Crippen molar-refractivity contribution in [3.63, 3.8) is 0 Å². The van der Waals surface area contributed by atoms with E-state index in [0.717, 1.165) is 24.3 Å². The Hall–Kier alpha value is -1.74. The van der Waals surface area contributed by atoms with Gasteiger partial charge in [0.05, 0.1) is 5.69 Å². The van der Waals surface area contributed by atoms with Gasteiger partial charge in [-0.2, -0.15) is 5.26 Å². The molecule has 1 heterocycles. The van der Waals surface area contributed by atoms with Crippen LogP contribution in [0.2, 0.25) is 0 Å². The van der Waals surface area contributed by atoms with E-state index in [1.165, 1.54) is 0 Å². The number of amides is 1. The number of anilines is 2. The lowest BCUT2D eigenvalue weighted by molar-refractivity contribution is 0.100. The lowest BCUT2D eigenvalue weighted by Crippen LogP contribution is -2.10. The Morgan fingerprint density at radius 3 is 2.71 bits per heavy atom. The summed E-state index contributed by atoms with van der Waals surface area (Å²) in [5.74, 6) is -0.0261. The molecule has 1 aromatic rings. The SMILES string of the molecule is CC(C)CCNc1sc(C(N)=O)c(N)c1C#N. The van der Waals surface area contributed by atoms with Crippen LogP contribution in [0.4, 0.5) is 10.7 Å². The molecule has 1 amide bonds. The van der Waals surface area contributed by atoms with Gasteiger partial charge in [-0.25, -0.2) is 0 Å². The Bertz CT molecular complexity index is 459. The minimum atomic E-state index is -0.596. The molecule has 0 radical (unpaired) electrons. The largest absolute Gasteiger partial charge is 0.396 e. The zero-order valence-electron chi connectivity index (χ0n) is 9.91. The average Bonchev–Trinajstić information content (AvgIpc) is 2.54. The molecule has 0 spiro atoms. The normalized spacial score (nSPS) is 10.2. The highest BCUT2D eigenvalue weighted by Gasteiger charge is 2.18. The molecule has 92 valence electrons. The Kier molecular flexibility index (Phi) is 4.35. The molecule has 0 atom stereocenters. The minimum absolute atomic E-state index is 0.178. The summed E-state index contributed by atoms with van der Waals surface area (Å²) in [6, 6.07) is 1.99. The highest BCUT2D eigenvalue weighted by molar-refractivity contribution is 7.18. The molecule has 17 heavy (non-hydrogen) atoms. The fourth-order valence-electron chi connectivity index (χ4n) is 1.34. The molecule has 5 nitrogen and oxygen atoms in total. The number of hydrogen-bond donors (Lipinski definition) is 3. The molecule has 0 aliphatic rings. The molecule has 6 heteroatoms. The summed E-state index contributed by atoms with van der Waals surface area (Å²) in [5.41, 5.74) is 11.4. The van der Waals surface area contributed by atoms with Gasteiger partial charge in [0.15, 0.2) is 0 Å². The van der Waals surface area contributed by atoms with Crippen LogP contribution < -0.4 is 16.8 Å². The van der Waals surface area contributed by atoms with E-state index >= 15 is 0 Å². The van der Waals surface area contributed by atoms with Crippen LogP contribution in [-0.4, -0.2) is 12.5 Å². The standard InChI is InChI=1S/C11H16N4OS/c1-6(2)3-4-15-11-7(5-12)8(13)9(17-11)10(14)16/h6,15H,3-4,13H2,1-2H3,(H2,14,16). The third kappa shape index (κ3) is 3.11. The zero-order valence-corrected chi connectivity index (χ0v) is 10.7. The summed E-state index contributed by atoms with van der Waals surface area (Å²) in [6.45, 7) is 4.97. The average molecular weight is 252 g/mol. The van der Waals surface area contributed by atoms with E-state index in [1.807, 2.05) is 6.07 Å². The number of nitrogens with zero attached hydrogens (tertiary/aromatic N) is 1. The smallest absolute Gasteiger partial charge is 0.261 e. The Morgan fingerprint density at radius 1 is 1.59 bits per heavy atom. The van der Waals surface area contributed by atoms with Crippen molar-refractivity contribution in [2.24, 2.45) is 11.7 Å². The van der Waals surface area contributed by atoms with Gasteiger partial charge in [0.2, 0.25) is 0 Å². The number of rotatable bonds is 5. The van der Waals surface area contributed by atoms with Gasteiger partial charge in [0.25, 0.3) is 5.91 Å². The summed E-state index contributed by atoms with van der Waals surface area (Å²) >= 11 is 1.14. The fourth-order valence-corrected chi connectivity index (χ4v) is 2.29. The number of primary amides is 1. The topological polar surface area (TPSA) is 105 Å². The molecule has 1 aromatic heterocycles. The zero-order chi connectivity index (χ0) is 13.0. The molecule has 5 N–H and O–H groups in total. The van der Waals surface area contributed by atoms with E-state index in [1.54, 1.807) is 0 Å². The van der Waals surface area contributed by atoms with E-state index in [0.29, 0.717) is 16.5 Å². The lowest BCUT2D eigenvalue weighted by atomic mass is 10.1. The number of nitrogens with two attached hydrogens (primary N) is 2. The number of nitriles is 1. The number of hydrogen-bond acceptors (Lipinski definition) is 5. The van der Waals surface area contributed by atoms with Crippen molar-refractivity contribution in [3.05, 3.63) is 10.4 Å². The van der Waals surface area contributed by atoms with E-state index in [2.05, 4.69) is 19.2 Å². The monoisotopic (exact) mass is 252 g/mol. The first kappa shape index (κ1) is 13.3. The highest BCUT2D eigenvalue weighted by Crippen LogP contribution is 2.34. The maximum absolute atomic E-state index is 11.1. The number of carbonyl (C=O) groups is 1. The maximum Gasteiger partial charge on any atom is 0.261 e. The van der Waals surface area contributed by atoms with Crippen molar-refractivity contribution in [1.29, 1.82) is 5.26 Å². The van der Waals surface area contributed by atoms with Gasteiger partial charge in [0, 0.05) is 6.54 Å². The molecule has 0 aromatic carbocycles. The van der Waals surface area contributed by atoms with E-state index in [4.69, 9.17) is 16.7 Å². The number of nitrogens with one attached hydrogen (secondary N) is 1. The molecule has 0 fully saturated rings. The van der Waals surface area contributed by atoms with Crippen molar-refractivity contribution in [2.45, 2.75) is 20.3 Å². The summed E-state index contributed by atoms with van der Waals surface area (Å²) in [5, 5.41) is 12.7. The van der Waals surface area contributed by atoms with Crippen molar-refractivity contribution in [2.75, 3.05) is 17.6 Å². The quantitative estimate of drug-likeness (QED) is 0.742. The molecular formula is C11H16N4OS. The fraction of sp³-hybridized carbons (Fsp3) is 0.455. The van der Waals surface area contributed by atoms with Crippen molar-refractivity contribution < 1.29 is 4.79 Å². The first-order chi connectivity index (χ1) is 7.97. The van der Waals surface area contributed by atoms with Gasteiger partial charge < -0.3 is 16.8 Å². The molecule has 0 saturated heterocycles. The second-order valence-corrected chi connectivity index (χ2v) is 5.15. The van der Waals surface area contributed by atoms with Crippen LogP contribution in [0.1, 0.15) is 35.5 Å². The minimum Gasteiger partial charge on any atom is -0.396 e. The number of nitrogen functional groups attached to an aromatic ring is 1. The van der Waals surface area contributed by atoms with Crippen molar-refractivity contribution in [1.82, 2.24) is 0 Å². The third-order valence-electron chi connectivity index (χ3n) is 2.29. The van der Waals surface area contributed by atoms with Crippen molar-refractivity contribution >= 4 is 27.9 Å². The van der Waals surface area contributed by atoms with Crippen LogP contribution in [0.5, 0.6) is 0 Å². The van der Waals surface area contributed by atoms with Gasteiger partial charge in [-0.3, -0.25) is 4.79 Å². The molecule has 1 rings (SSSR count). The van der Waals surface area contributed by atoms with E-state index in [-0.39, 0.29) is 10.6 Å². The van der Waals surface area contributed by atoms with Gasteiger partial charge in [-0.15, -0.1) is 11.3 Å². The van der Waals surface area contributed by atoms with Gasteiger partial charge in [-0.05, 0) is 12.3 Å². The van der Waals surface area contributed by atoms with Gasteiger partial charge >= 0.3 is 0 Å². The van der Waals surface area contributed by atoms with Crippen LogP contribution in [0, 0.1) is 17.2 Å². The number of thiophene rings is 1. The van der Waals surface area contributed by atoms with E-state index in [9.17, 15) is 4.79 Å². The maximum atomic E-state index is 11.1. The van der Waals surface area contributed by atoms with Gasteiger partial charge in [0.1, 0.15) is 21.5 Å². The van der Waals surface area contributed by atoms with Crippen molar-refractivity contribution in [3.8, 4) is 6.07 Å². The van der Waals surface area contributed by atoms with Gasteiger partial charge in [-0.1, -0.05) is 13.8 Å². The molecule has 0 aliphatic carbocycles. The van der Waals surface area contributed by atoms with Crippen LogP contribution in [0.15, 0.2) is 0 Å². The predicted octanol–water partition coefficient (Wildman–Crippen LogP) is 1.76. The Labute approximate surface area is 104 Å². The molecule has 0 aliphatic heterocycles. The second-order valence-electron chi connectivity index (χ2n) is 4.13. The molecular weight excluding hydrogens is 236 g/mol. The molecule has 0 bridgehead atoms. The van der Waals surface area contributed by atoms with Crippen LogP contribution >= 0.6 is 11.3 Å². The third-order valence-corrected chi connectivity index (χ3v) is 3.47.